The molecule has 0 spiro atoms. The zero-order chi connectivity index (χ0) is 13.9. The Morgan fingerprint density at radius 1 is 1.32 bits per heavy atom. The molecule has 0 aliphatic heterocycles. The average molecular weight is 268 g/mol. The first-order valence-electron chi connectivity index (χ1n) is 5.43. The summed E-state index contributed by atoms with van der Waals surface area (Å²) < 4.78 is 38.8. The van der Waals surface area contributed by atoms with Crippen molar-refractivity contribution < 1.29 is 13.2 Å². The summed E-state index contributed by atoms with van der Waals surface area (Å²) in [5, 5.41) is 2.89. The molecule has 2 aromatic heterocycles. The van der Waals surface area contributed by atoms with Gasteiger partial charge in [-0.2, -0.15) is 13.2 Å². The summed E-state index contributed by atoms with van der Waals surface area (Å²) in [6.45, 7) is 4.16. The van der Waals surface area contributed by atoms with E-state index in [-0.39, 0.29) is 0 Å². The minimum Gasteiger partial charge on any atom is -0.324 e. The third-order valence-electron chi connectivity index (χ3n) is 2.35. The molecule has 0 fully saturated rings. The molecule has 7 heteroatoms. The van der Waals surface area contributed by atoms with Crippen LogP contribution in [-0.2, 0) is 12.7 Å². The van der Waals surface area contributed by atoms with Crippen LogP contribution in [0.5, 0.6) is 0 Å². The maximum Gasteiger partial charge on any atom is 0.433 e. The standard InChI is InChI=1S/C12H11F3N4/c1-2-6-19-7-5-16-11(19)18-9-3-4-10(17-8-9)12(13,14)15/h2-5,7-8H,1,6H2,(H,16,18). The van der Waals surface area contributed by atoms with Gasteiger partial charge in [-0.3, -0.25) is 0 Å². The summed E-state index contributed by atoms with van der Waals surface area (Å²) in [5.74, 6) is 0.515. The van der Waals surface area contributed by atoms with E-state index >= 15 is 0 Å². The van der Waals surface area contributed by atoms with Gasteiger partial charge >= 0.3 is 6.18 Å². The quantitative estimate of drug-likeness (QED) is 0.866. The van der Waals surface area contributed by atoms with Crippen molar-refractivity contribution in [3.05, 3.63) is 49.1 Å². The number of anilines is 2. The minimum atomic E-state index is -4.43. The molecule has 0 bridgehead atoms. The predicted octanol–water partition coefficient (Wildman–Crippen LogP) is 3.23. The topological polar surface area (TPSA) is 42.7 Å². The molecule has 2 rings (SSSR count). The number of hydrogen-bond acceptors (Lipinski definition) is 3. The van der Waals surface area contributed by atoms with E-state index in [2.05, 4.69) is 21.9 Å². The van der Waals surface area contributed by atoms with Gasteiger partial charge in [0.2, 0.25) is 5.95 Å². The van der Waals surface area contributed by atoms with E-state index in [1.807, 2.05) is 0 Å². The fraction of sp³-hybridized carbons (Fsp3) is 0.167. The van der Waals surface area contributed by atoms with E-state index in [1.54, 1.807) is 23.0 Å². The molecular weight excluding hydrogens is 257 g/mol. The number of pyridine rings is 1. The molecule has 0 saturated carbocycles. The second-order valence-electron chi connectivity index (χ2n) is 3.75. The molecule has 0 unspecified atom stereocenters. The number of nitrogens with one attached hydrogen (secondary N) is 1. The van der Waals surface area contributed by atoms with Gasteiger partial charge in [0.05, 0.1) is 11.9 Å². The zero-order valence-corrected chi connectivity index (χ0v) is 9.85. The molecule has 4 nitrogen and oxygen atoms in total. The summed E-state index contributed by atoms with van der Waals surface area (Å²) in [7, 11) is 0. The normalized spacial score (nSPS) is 11.3. The Bertz CT molecular complexity index is 557. The Labute approximate surface area is 107 Å². The second-order valence-corrected chi connectivity index (χ2v) is 3.75. The second kappa shape index (κ2) is 5.13. The van der Waals surface area contributed by atoms with Crippen molar-refractivity contribution in [1.29, 1.82) is 0 Å². The molecule has 0 atom stereocenters. The molecule has 0 saturated heterocycles. The van der Waals surface area contributed by atoms with Crippen molar-refractivity contribution in [2.45, 2.75) is 12.7 Å². The first kappa shape index (κ1) is 13.1. The highest BCUT2D eigenvalue weighted by Crippen LogP contribution is 2.28. The van der Waals surface area contributed by atoms with Gasteiger partial charge in [-0.05, 0) is 12.1 Å². The molecule has 0 aliphatic rings. The SMILES string of the molecule is C=CCn1ccnc1Nc1ccc(C(F)(F)F)nc1. The highest BCUT2D eigenvalue weighted by atomic mass is 19.4. The van der Waals surface area contributed by atoms with Crippen molar-refractivity contribution in [3.63, 3.8) is 0 Å². The maximum absolute atomic E-state index is 12.4. The number of aromatic nitrogens is 3. The number of nitrogens with zero attached hydrogens (tertiary/aromatic N) is 3. The van der Waals surface area contributed by atoms with E-state index in [9.17, 15) is 13.2 Å². The number of allylic oxidation sites excluding steroid dienone is 1. The summed E-state index contributed by atoms with van der Waals surface area (Å²) >= 11 is 0. The molecule has 0 aliphatic carbocycles. The van der Waals surface area contributed by atoms with Crippen LogP contribution in [0.1, 0.15) is 5.69 Å². The van der Waals surface area contributed by atoms with Crippen LogP contribution in [0.4, 0.5) is 24.8 Å². The van der Waals surface area contributed by atoms with Crippen LogP contribution in [0.3, 0.4) is 0 Å². The van der Waals surface area contributed by atoms with Crippen LogP contribution >= 0.6 is 0 Å². The molecule has 100 valence electrons. The van der Waals surface area contributed by atoms with Gasteiger partial charge < -0.3 is 9.88 Å². The molecule has 0 amide bonds. The van der Waals surface area contributed by atoms with Gasteiger partial charge in [0, 0.05) is 18.9 Å². The lowest BCUT2D eigenvalue weighted by Gasteiger charge is -2.09. The molecule has 19 heavy (non-hydrogen) atoms. The Hall–Kier alpha value is -2.31. The number of imidazole rings is 1. The lowest BCUT2D eigenvalue weighted by molar-refractivity contribution is -0.141. The van der Waals surface area contributed by atoms with Crippen LogP contribution in [0.15, 0.2) is 43.4 Å². The molecule has 0 aromatic carbocycles. The van der Waals surface area contributed by atoms with Crippen molar-refractivity contribution in [3.8, 4) is 0 Å². The average Bonchev–Trinajstić information content (AvgIpc) is 2.77. The highest BCUT2D eigenvalue weighted by Gasteiger charge is 2.32. The highest BCUT2D eigenvalue weighted by molar-refractivity contribution is 5.52. The van der Waals surface area contributed by atoms with E-state index in [0.717, 1.165) is 12.3 Å². The number of rotatable bonds is 4. The van der Waals surface area contributed by atoms with E-state index in [4.69, 9.17) is 0 Å². The van der Waals surface area contributed by atoms with Gasteiger partial charge in [0.1, 0.15) is 5.69 Å². The van der Waals surface area contributed by atoms with Crippen LogP contribution in [0.2, 0.25) is 0 Å². The van der Waals surface area contributed by atoms with E-state index in [1.165, 1.54) is 6.07 Å². The zero-order valence-electron chi connectivity index (χ0n) is 9.85. The first-order valence-corrected chi connectivity index (χ1v) is 5.43. The van der Waals surface area contributed by atoms with Gasteiger partial charge in [-0.25, -0.2) is 9.97 Å². The summed E-state index contributed by atoms with van der Waals surface area (Å²) in [6.07, 6.45) is 1.71. The van der Waals surface area contributed by atoms with Gasteiger partial charge in [0.25, 0.3) is 0 Å². The monoisotopic (exact) mass is 268 g/mol. The van der Waals surface area contributed by atoms with Crippen LogP contribution in [-0.4, -0.2) is 14.5 Å². The Kier molecular flexibility index (Phi) is 3.55. The Morgan fingerprint density at radius 3 is 2.68 bits per heavy atom. The van der Waals surface area contributed by atoms with Crippen LogP contribution < -0.4 is 5.32 Å². The summed E-state index contributed by atoms with van der Waals surface area (Å²) in [6, 6.07) is 2.23. The van der Waals surface area contributed by atoms with E-state index in [0.29, 0.717) is 18.2 Å². The molecule has 0 radical (unpaired) electrons. The predicted molar refractivity (Wildman–Crippen MR) is 64.9 cm³/mol. The largest absolute Gasteiger partial charge is 0.433 e. The molecule has 2 aromatic rings. The lowest BCUT2D eigenvalue weighted by atomic mass is 10.3. The third-order valence-corrected chi connectivity index (χ3v) is 2.35. The van der Waals surface area contributed by atoms with E-state index < -0.39 is 11.9 Å². The van der Waals surface area contributed by atoms with Crippen molar-refractivity contribution in [1.82, 2.24) is 14.5 Å². The number of hydrogen-bond donors (Lipinski definition) is 1. The van der Waals surface area contributed by atoms with Crippen molar-refractivity contribution in [2.75, 3.05) is 5.32 Å². The number of halogens is 3. The van der Waals surface area contributed by atoms with Gasteiger partial charge in [-0.1, -0.05) is 6.08 Å². The fourth-order valence-corrected chi connectivity index (χ4v) is 1.48. The smallest absolute Gasteiger partial charge is 0.324 e. The third kappa shape index (κ3) is 3.12. The van der Waals surface area contributed by atoms with Crippen molar-refractivity contribution in [2.24, 2.45) is 0 Å². The van der Waals surface area contributed by atoms with Gasteiger partial charge in [0.15, 0.2) is 0 Å². The minimum absolute atomic E-state index is 0.435. The maximum atomic E-state index is 12.4. The summed E-state index contributed by atoms with van der Waals surface area (Å²) in [4.78, 5) is 7.42. The van der Waals surface area contributed by atoms with Crippen LogP contribution in [0, 0.1) is 0 Å². The Balaban J connectivity index is 2.15. The first-order chi connectivity index (χ1) is 9.00. The van der Waals surface area contributed by atoms with Crippen molar-refractivity contribution >= 4 is 11.6 Å². The molecule has 2 heterocycles. The lowest BCUT2D eigenvalue weighted by Crippen LogP contribution is -2.08. The van der Waals surface area contributed by atoms with Gasteiger partial charge in [-0.15, -0.1) is 6.58 Å². The Morgan fingerprint density at radius 2 is 2.11 bits per heavy atom. The summed E-state index contributed by atoms with van der Waals surface area (Å²) in [5.41, 5.74) is -0.489. The van der Waals surface area contributed by atoms with Crippen LogP contribution in [0.25, 0.3) is 0 Å². The molecular formula is C12H11F3N4. The molecule has 1 N–H and O–H groups in total. The number of alkyl halides is 3. The fourth-order valence-electron chi connectivity index (χ4n) is 1.48.